The quantitative estimate of drug-likeness (QED) is 0.653. The molecule has 0 spiro atoms. The fourth-order valence-electron chi connectivity index (χ4n) is 2.94. The van der Waals surface area contributed by atoms with E-state index in [0.717, 1.165) is 13.0 Å². The summed E-state index contributed by atoms with van der Waals surface area (Å²) in [5.41, 5.74) is 1.27. The zero-order chi connectivity index (χ0) is 15.6. The zero-order valence-electron chi connectivity index (χ0n) is 12.3. The van der Waals surface area contributed by atoms with Crippen molar-refractivity contribution in [1.29, 1.82) is 0 Å². The molecule has 116 valence electrons. The molecule has 0 saturated heterocycles. The van der Waals surface area contributed by atoms with Crippen molar-refractivity contribution in [3.63, 3.8) is 0 Å². The van der Waals surface area contributed by atoms with Gasteiger partial charge in [0.15, 0.2) is 0 Å². The molecular formula is C18H15NO2S2. The molecule has 0 aliphatic carbocycles. The van der Waals surface area contributed by atoms with Crippen LogP contribution >= 0.6 is 22.7 Å². The predicted octanol–water partition coefficient (Wildman–Crippen LogP) is 4.59. The number of amides is 1. The largest absolute Gasteiger partial charge is 0.465 e. The SMILES string of the molecule is O=C(/C=C\c1ccco1)N1CCc2sccc2C1c1cccs1. The normalized spacial score (nSPS) is 17.6. The van der Waals surface area contributed by atoms with Gasteiger partial charge in [-0.25, -0.2) is 0 Å². The van der Waals surface area contributed by atoms with Crippen LogP contribution in [0.2, 0.25) is 0 Å². The van der Waals surface area contributed by atoms with Gasteiger partial charge < -0.3 is 9.32 Å². The molecule has 0 radical (unpaired) electrons. The summed E-state index contributed by atoms with van der Waals surface area (Å²) in [6.45, 7) is 0.747. The highest BCUT2D eigenvalue weighted by Gasteiger charge is 2.32. The molecule has 0 bridgehead atoms. The van der Waals surface area contributed by atoms with Gasteiger partial charge in [0.05, 0.1) is 12.3 Å². The van der Waals surface area contributed by atoms with E-state index in [4.69, 9.17) is 4.42 Å². The average Bonchev–Trinajstić information content (AvgIpc) is 3.33. The van der Waals surface area contributed by atoms with Crippen molar-refractivity contribution >= 4 is 34.7 Å². The second kappa shape index (κ2) is 6.18. The van der Waals surface area contributed by atoms with Crippen LogP contribution in [0.25, 0.3) is 6.08 Å². The third-order valence-electron chi connectivity index (χ3n) is 4.00. The molecule has 0 fully saturated rings. The number of hydrogen-bond donors (Lipinski definition) is 0. The highest BCUT2D eigenvalue weighted by atomic mass is 32.1. The molecule has 3 aromatic heterocycles. The standard InChI is InChI=1S/C18H15NO2S2/c20-17(6-5-13-3-1-10-21-13)19-9-7-15-14(8-12-23-15)18(19)16-4-2-11-22-16/h1-6,8,10-12,18H,7,9H2/b6-5-. The lowest BCUT2D eigenvalue weighted by molar-refractivity contribution is -0.127. The molecule has 1 aliphatic heterocycles. The maximum atomic E-state index is 12.7. The van der Waals surface area contributed by atoms with E-state index in [2.05, 4.69) is 22.9 Å². The summed E-state index contributed by atoms with van der Waals surface area (Å²) in [6, 6.07) is 9.99. The van der Waals surface area contributed by atoms with Gasteiger partial charge in [0.2, 0.25) is 5.91 Å². The molecule has 0 saturated carbocycles. The first-order chi connectivity index (χ1) is 11.3. The van der Waals surface area contributed by atoms with E-state index in [0.29, 0.717) is 5.76 Å². The van der Waals surface area contributed by atoms with Crippen molar-refractivity contribution in [2.45, 2.75) is 12.5 Å². The van der Waals surface area contributed by atoms with E-state index in [1.807, 2.05) is 23.1 Å². The maximum absolute atomic E-state index is 12.7. The summed E-state index contributed by atoms with van der Waals surface area (Å²) in [6.07, 6.45) is 5.88. The van der Waals surface area contributed by atoms with Gasteiger partial charge in [0.1, 0.15) is 5.76 Å². The molecular weight excluding hydrogens is 326 g/mol. The van der Waals surface area contributed by atoms with Gasteiger partial charge in [-0.05, 0) is 53.1 Å². The third kappa shape index (κ3) is 2.78. The van der Waals surface area contributed by atoms with E-state index in [1.165, 1.54) is 15.3 Å². The van der Waals surface area contributed by atoms with Crippen molar-refractivity contribution in [3.8, 4) is 0 Å². The van der Waals surface area contributed by atoms with Crippen LogP contribution in [-0.4, -0.2) is 17.4 Å². The van der Waals surface area contributed by atoms with E-state index in [1.54, 1.807) is 41.1 Å². The molecule has 1 amide bonds. The van der Waals surface area contributed by atoms with Crippen molar-refractivity contribution < 1.29 is 9.21 Å². The minimum absolute atomic E-state index is 0.0247. The second-order valence-electron chi connectivity index (χ2n) is 5.35. The van der Waals surface area contributed by atoms with Crippen LogP contribution in [-0.2, 0) is 11.2 Å². The van der Waals surface area contributed by atoms with Crippen LogP contribution in [0.3, 0.4) is 0 Å². The molecule has 3 nitrogen and oxygen atoms in total. The third-order valence-corrected chi connectivity index (χ3v) is 5.92. The average molecular weight is 341 g/mol. The second-order valence-corrected chi connectivity index (χ2v) is 7.33. The predicted molar refractivity (Wildman–Crippen MR) is 93.6 cm³/mol. The van der Waals surface area contributed by atoms with Gasteiger partial charge in [0.25, 0.3) is 0 Å². The highest BCUT2D eigenvalue weighted by Crippen LogP contribution is 2.39. The lowest BCUT2D eigenvalue weighted by Gasteiger charge is -2.34. The van der Waals surface area contributed by atoms with Gasteiger partial charge >= 0.3 is 0 Å². The molecule has 1 aliphatic rings. The number of carbonyl (C=O) groups excluding carboxylic acids is 1. The molecule has 23 heavy (non-hydrogen) atoms. The molecule has 0 aromatic carbocycles. The van der Waals surface area contributed by atoms with Crippen LogP contribution in [0.5, 0.6) is 0 Å². The number of hydrogen-bond acceptors (Lipinski definition) is 4. The number of thiophene rings is 2. The lowest BCUT2D eigenvalue weighted by atomic mass is 9.98. The first-order valence-corrected chi connectivity index (χ1v) is 9.21. The van der Waals surface area contributed by atoms with Gasteiger partial charge in [-0.15, -0.1) is 22.7 Å². The smallest absolute Gasteiger partial charge is 0.247 e. The van der Waals surface area contributed by atoms with E-state index in [-0.39, 0.29) is 11.9 Å². The lowest BCUT2D eigenvalue weighted by Crippen LogP contribution is -2.38. The van der Waals surface area contributed by atoms with E-state index in [9.17, 15) is 4.79 Å². The Morgan fingerprint density at radius 2 is 2.17 bits per heavy atom. The highest BCUT2D eigenvalue weighted by molar-refractivity contribution is 7.10. The Morgan fingerprint density at radius 3 is 2.96 bits per heavy atom. The summed E-state index contributed by atoms with van der Waals surface area (Å²) in [5, 5.41) is 4.19. The number of carbonyl (C=O) groups is 1. The number of nitrogens with zero attached hydrogens (tertiary/aromatic N) is 1. The fraction of sp³-hybridized carbons (Fsp3) is 0.167. The summed E-state index contributed by atoms with van der Waals surface area (Å²) in [4.78, 5) is 17.3. The molecule has 1 unspecified atom stereocenters. The van der Waals surface area contributed by atoms with Gasteiger partial charge in [-0.3, -0.25) is 4.79 Å². The Hall–Kier alpha value is -2.11. The topological polar surface area (TPSA) is 33.5 Å². The van der Waals surface area contributed by atoms with Gasteiger partial charge in [-0.1, -0.05) is 6.07 Å². The zero-order valence-corrected chi connectivity index (χ0v) is 14.0. The molecule has 4 heterocycles. The summed E-state index contributed by atoms with van der Waals surface area (Å²) < 4.78 is 5.26. The minimum Gasteiger partial charge on any atom is -0.465 e. The molecule has 0 N–H and O–H groups in total. The van der Waals surface area contributed by atoms with Crippen molar-refractivity contribution in [2.24, 2.45) is 0 Å². The summed E-state index contributed by atoms with van der Waals surface area (Å²) >= 11 is 3.49. The van der Waals surface area contributed by atoms with E-state index >= 15 is 0 Å². The maximum Gasteiger partial charge on any atom is 0.247 e. The van der Waals surface area contributed by atoms with Gasteiger partial charge in [-0.2, -0.15) is 0 Å². The molecule has 3 aromatic rings. The minimum atomic E-state index is 0.0247. The Bertz CT molecular complexity index is 815. The Morgan fingerprint density at radius 1 is 1.22 bits per heavy atom. The Labute approximate surface area is 142 Å². The van der Waals surface area contributed by atoms with Crippen LogP contribution in [0, 0.1) is 0 Å². The van der Waals surface area contributed by atoms with Gasteiger partial charge in [0, 0.05) is 22.4 Å². The van der Waals surface area contributed by atoms with Crippen molar-refractivity contribution in [1.82, 2.24) is 4.90 Å². The summed E-state index contributed by atoms with van der Waals surface area (Å²) in [7, 11) is 0. The number of rotatable bonds is 3. The first-order valence-electron chi connectivity index (χ1n) is 7.45. The summed E-state index contributed by atoms with van der Waals surface area (Å²) in [5.74, 6) is 0.718. The van der Waals surface area contributed by atoms with Crippen LogP contribution < -0.4 is 0 Å². The Balaban J connectivity index is 1.65. The number of furan rings is 1. The van der Waals surface area contributed by atoms with Crippen LogP contribution in [0.4, 0.5) is 0 Å². The van der Waals surface area contributed by atoms with Crippen molar-refractivity contribution in [3.05, 3.63) is 74.5 Å². The molecule has 1 atom stereocenters. The molecule has 4 rings (SSSR count). The molecule has 5 heteroatoms. The van der Waals surface area contributed by atoms with Crippen molar-refractivity contribution in [2.75, 3.05) is 6.54 Å². The fourth-order valence-corrected chi connectivity index (χ4v) is 4.70. The van der Waals surface area contributed by atoms with E-state index < -0.39 is 0 Å². The monoisotopic (exact) mass is 341 g/mol. The first kappa shape index (κ1) is 14.5. The number of fused-ring (bicyclic) bond motifs is 1. The van der Waals surface area contributed by atoms with Crippen LogP contribution in [0.1, 0.15) is 27.1 Å². The van der Waals surface area contributed by atoms with Crippen LogP contribution in [0.15, 0.2) is 57.8 Å². The Kier molecular flexibility index (Phi) is 3.89.